The van der Waals surface area contributed by atoms with Gasteiger partial charge in [0.25, 0.3) is 0 Å². The number of hydrogen-bond donors (Lipinski definition) is 1. The molecule has 0 spiro atoms. The van der Waals surface area contributed by atoms with E-state index in [4.69, 9.17) is 0 Å². The van der Waals surface area contributed by atoms with Crippen molar-refractivity contribution in [3.05, 3.63) is 11.1 Å². The summed E-state index contributed by atoms with van der Waals surface area (Å²) in [5.74, 6) is 0. The molecule has 0 aromatic rings. The molecular weight excluding hydrogens is 216 g/mol. The molecule has 0 saturated carbocycles. The van der Waals surface area contributed by atoms with Gasteiger partial charge in [-0.25, -0.2) is 0 Å². The highest BCUT2D eigenvalue weighted by Gasteiger charge is 2.01. The Kier molecular flexibility index (Phi) is 6.71. The van der Waals surface area contributed by atoms with Crippen LogP contribution in [0.3, 0.4) is 0 Å². The normalized spacial score (nSPS) is 13.4. The van der Waals surface area contributed by atoms with Crippen molar-refractivity contribution in [3.8, 4) is 0 Å². The Balaban J connectivity index is 3.33. The van der Waals surface area contributed by atoms with Crippen molar-refractivity contribution in [3.63, 3.8) is 0 Å². The summed E-state index contributed by atoms with van der Waals surface area (Å²) < 4.78 is 1.01. The Labute approximate surface area is 84.1 Å². The van der Waals surface area contributed by atoms with Crippen LogP contribution in [-0.2, 0) is 0 Å². The van der Waals surface area contributed by atoms with Crippen molar-refractivity contribution in [1.29, 1.82) is 0 Å². The first-order valence-corrected chi connectivity index (χ1v) is 5.03. The van der Waals surface area contributed by atoms with Crippen molar-refractivity contribution in [2.24, 2.45) is 0 Å². The van der Waals surface area contributed by atoms with Gasteiger partial charge in [-0.1, -0.05) is 22.5 Å². The first kappa shape index (κ1) is 12.1. The summed E-state index contributed by atoms with van der Waals surface area (Å²) in [6.45, 7) is 7.94. The Morgan fingerprint density at radius 3 is 2.58 bits per heavy atom. The van der Waals surface area contributed by atoms with Gasteiger partial charge in [-0.05, 0) is 34.0 Å². The predicted octanol–water partition coefficient (Wildman–Crippen LogP) is 1.82. The second-order valence-electron chi connectivity index (χ2n) is 3.39. The number of halogens is 1. The Morgan fingerprint density at radius 1 is 1.58 bits per heavy atom. The molecule has 72 valence electrons. The van der Waals surface area contributed by atoms with Gasteiger partial charge < -0.3 is 10.2 Å². The molecule has 12 heavy (non-hydrogen) atoms. The van der Waals surface area contributed by atoms with Crippen LogP contribution in [0.2, 0.25) is 0 Å². The third-order valence-corrected chi connectivity index (χ3v) is 1.93. The molecule has 0 fully saturated rings. The van der Waals surface area contributed by atoms with E-state index in [2.05, 4.69) is 53.7 Å². The van der Waals surface area contributed by atoms with Gasteiger partial charge in [0.15, 0.2) is 0 Å². The standard InChI is InChI=1S/C9H19BrN2/c1-8(10)7-11-9(2)5-6-12(3)4/h9,11H,1,5-7H2,2-4H3. The fourth-order valence-corrected chi connectivity index (χ4v) is 1.00. The monoisotopic (exact) mass is 234 g/mol. The van der Waals surface area contributed by atoms with E-state index in [1.165, 1.54) is 6.42 Å². The zero-order valence-corrected chi connectivity index (χ0v) is 9.82. The smallest absolute Gasteiger partial charge is 0.0268 e. The van der Waals surface area contributed by atoms with Crippen molar-refractivity contribution in [2.75, 3.05) is 27.2 Å². The van der Waals surface area contributed by atoms with Gasteiger partial charge in [0.05, 0.1) is 0 Å². The number of nitrogens with one attached hydrogen (secondary N) is 1. The first-order chi connectivity index (χ1) is 5.52. The Morgan fingerprint density at radius 2 is 2.17 bits per heavy atom. The zero-order valence-electron chi connectivity index (χ0n) is 8.23. The molecule has 1 unspecified atom stereocenters. The molecule has 0 heterocycles. The maximum Gasteiger partial charge on any atom is 0.0268 e. The number of hydrogen-bond acceptors (Lipinski definition) is 2. The Hall–Kier alpha value is 0.140. The molecule has 1 N–H and O–H groups in total. The lowest BCUT2D eigenvalue weighted by atomic mass is 10.2. The van der Waals surface area contributed by atoms with E-state index in [0.717, 1.165) is 17.6 Å². The van der Waals surface area contributed by atoms with E-state index in [9.17, 15) is 0 Å². The topological polar surface area (TPSA) is 15.3 Å². The minimum Gasteiger partial charge on any atom is -0.310 e. The molecule has 0 bridgehead atoms. The Bertz CT molecular complexity index is 134. The van der Waals surface area contributed by atoms with E-state index in [1.807, 2.05) is 0 Å². The fraction of sp³-hybridized carbons (Fsp3) is 0.778. The van der Waals surface area contributed by atoms with E-state index in [1.54, 1.807) is 0 Å². The predicted molar refractivity (Wildman–Crippen MR) is 58.7 cm³/mol. The lowest BCUT2D eigenvalue weighted by Crippen LogP contribution is -2.30. The summed E-state index contributed by atoms with van der Waals surface area (Å²) in [5.41, 5.74) is 0. The number of rotatable bonds is 6. The van der Waals surface area contributed by atoms with Gasteiger partial charge in [-0.2, -0.15) is 0 Å². The van der Waals surface area contributed by atoms with E-state index >= 15 is 0 Å². The summed E-state index contributed by atoms with van der Waals surface area (Å²) in [6, 6.07) is 0.557. The molecule has 0 amide bonds. The second kappa shape index (κ2) is 6.63. The maximum absolute atomic E-state index is 3.77. The minimum atomic E-state index is 0.557. The zero-order chi connectivity index (χ0) is 9.56. The highest BCUT2D eigenvalue weighted by Crippen LogP contribution is 1.99. The summed E-state index contributed by atoms with van der Waals surface area (Å²) >= 11 is 3.32. The lowest BCUT2D eigenvalue weighted by molar-refractivity contribution is 0.370. The summed E-state index contributed by atoms with van der Waals surface area (Å²) in [6.07, 6.45) is 1.17. The van der Waals surface area contributed by atoms with Gasteiger partial charge in [0.1, 0.15) is 0 Å². The minimum absolute atomic E-state index is 0.557. The van der Waals surface area contributed by atoms with Crippen molar-refractivity contribution in [1.82, 2.24) is 10.2 Å². The summed E-state index contributed by atoms with van der Waals surface area (Å²) in [5, 5.41) is 3.36. The molecule has 0 aromatic heterocycles. The first-order valence-electron chi connectivity index (χ1n) is 4.23. The van der Waals surface area contributed by atoms with Gasteiger partial charge in [0, 0.05) is 17.1 Å². The van der Waals surface area contributed by atoms with E-state index in [-0.39, 0.29) is 0 Å². The van der Waals surface area contributed by atoms with Crippen LogP contribution in [0.15, 0.2) is 11.1 Å². The molecule has 3 heteroatoms. The second-order valence-corrected chi connectivity index (χ2v) is 4.51. The quantitative estimate of drug-likeness (QED) is 0.755. The largest absolute Gasteiger partial charge is 0.310 e. The van der Waals surface area contributed by atoms with Gasteiger partial charge in [-0.15, -0.1) is 0 Å². The van der Waals surface area contributed by atoms with Crippen LogP contribution < -0.4 is 5.32 Å². The molecule has 0 aromatic carbocycles. The molecule has 0 saturated heterocycles. The van der Waals surface area contributed by atoms with Crippen LogP contribution in [0.1, 0.15) is 13.3 Å². The average molecular weight is 235 g/mol. The summed E-state index contributed by atoms with van der Waals surface area (Å²) in [4.78, 5) is 2.20. The van der Waals surface area contributed by atoms with Crippen LogP contribution in [0.4, 0.5) is 0 Å². The molecule has 0 aliphatic carbocycles. The van der Waals surface area contributed by atoms with Crippen molar-refractivity contribution in [2.45, 2.75) is 19.4 Å². The fourth-order valence-electron chi connectivity index (χ4n) is 0.839. The van der Waals surface area contributed by atoms with Crippen LogP contribution in [0.25, 0.3) is 0 Å². The molecule has 0 aliphatic heterocycles. The highest BCUT2D eigenvalue weighted by atomic mass is 79.9. The van der Waals surface area contributed by atoms with E-state index < -0.39 is 0 Å². The molecular formula is C9H19BrN2. The molecule has 0 aliphatic rings. The maximum atomic E-state index is 3.77. The molecule has 2 nitrogen and oxygen atoms in total. The number of nitrogens with zero attached hydrogens (tertiary/aromatic N) is 1. The van der Waals surface area contributed by atoms with Gasteiger partial charge in [-0.3, -0.25) is 0 Å². The highest BCUT2D eigenvalue weighted by molar-refractivity contribution is 9.11. The third kappa shape index (κ3) is 8.24. The molecule has 0 rings (SSSR count). The van der Waals surface area contributed by atoms with Gasteiger partial charge in [0.2, 0.25) is 0 Å². The summed E-state index contributed by atoms with van der Waals surface area (Å²) in [7, 11) is 4.19. The van der Waals surface area contributed by atoms with Crippen molar-refractivity contribution >= 4 is 15.9 Å². The lowest BCUT2D eigenvalue weighted by Gasteiger charge is -2.16. The molecule has 0 radical (unpaired) electrons. The van der Waals surface area contributed by atoms with Crippen molar-refractivity contribution < 1.29 is 0 Å². The van der Waals surface area contributed by atoms with Crippen LogP contribution in [-0.4, -0.2) is 38.1 Å². The van der Waals surface area contributed by atoms with Crippen LogP contribution in [0.5, 0.6) is 0 Å². The average Bonchev–Trinajstić information content (AvgIpc) is 1.96. The van der Waals surface area contributed by atoms with Crippen LogP contribution in [0, 0.1) is 0 Å². The van der Waals surface area contributed by atoms with E-state index in [0.29, 0.717) is 6.04 Å². The SMILES string of the molecule is C=C(Br)CNC(C)CCN(C)C. The molecule has 1 atom stereocenters. The van der Waals surface area contributed by atoms with Crippen LogP contribution >= 0.6 is 15.9 Å². The van der Waals surface area contributed by atoms with Gasteiger partial charge >= 0.3 is 0 Å². The third-order valence-electron chi connectivity index (χ3n) is 1.65.